The Labute approximate surface area is 192 Å². The number of rotatable bonds is 6. The van der Waals surface area contributed by atoms with Gasteiger partial charge in [0.05, 0.1) is 22.4 Å². The summed E-state index contributed by atoms with van der Waals surface area (Å²) in [6.07, 6.45) is 0. The molecule has 9 heteroatoms. The van der Waals surface area contributed by atoms with Crippen LogP contribution >= 0.6 is 11.3 Å². The Hall–Kier alpha value is -3.85. The highest BCUT2D eigenvalue weighted by molar-refractivity contribution is 7.22. The van der Waals surface area contributed by atoms with Crippen molar-refractivity contribution in [1.29, 1.82) is 0 Å². The quantitative estimate of drug-likeness (QED) is 0.387. The number of ketones is 1. The molecule has 5 rings (SSSR count). The lowest BCUT2D eigenvalue weighted by Crippen LogP contribution is -2.30. The van der Waals surface area contributed by atoms with Gasteiger partial charge in [-0.05, 0) is 63.2 Å². The van der Waals surface area contributed by atoms with Gasteiger partial charge in [0.15, 0.2) is 16.7 Å². The Bertz CT molecular complexity index is 1430. The highest BCUT2D eigenvalue weighted by Gasteiger charge is 2.48. The van der Waals surface area contributed by atoms with E-state index in [1.54, 1.807) is 44.2 Å². The minimum absolute atomic E-state index is 0.0302. The normalized spacial score (nSPS) is 16.3. The van der Waals surface area contributed by atoms with Crippen molar-refractivity contribution in [2.45, 2.75) is 26.8 Å². The predicted octanol–water partition coefficient (Wildman–Crippen LogP) is 5.28. The Morgan fingerprint density at radius 1 is 1.15 bits per heavy atom. The predicted molar refractivity (Wildman–Crippen MR) is 122 cm³/mol. The van der Waals surface area contributed by atoms with E-state index in [-0.39, 0.29) is 11.3 Å². The van der Waals surface area contributed by atoms with Gasteiger partial charge in [0.25, 0.3) is 5.91 Å². The molecule has 0 spiro atoms. The summed E-state index contributed by atoms with van der Waals surface area (Å²) in [6, 6.07) is 11.0. The summed E-state index contributed by atoms with van der Waals surface area (Å²) in [5, 5.41) is 11.1. The molecule has 1 amide bonds. The van der Waals surface area contributed by atoms with Gasteiger partial charge in [-0.3, -0.25) is 14.5 Å². The number of aliphatic hydroxyl groups excluding tert-OH is 1. The monoisotopic (exact) mass is 464 g/mol. The maximum Gasteiger partial charge on any atom is 0.296 e. The van der Waals surface area contributed by atoms with Gasteiger partial charge >= 0.3 is 0 Å². The fourth-order valence-corrected chi connectivity index (χ4v) is 4.87. The number of benzene rings is 1. The van der Waals surface area contributed by atoms with Crippen LogP contribution in [-0.4, -0.2) is 28.4 Å². The van der Waals surface area contributed by atoms with Gasteiger partial charge < -0.3 is 18.7 Å². The van der Waals surface area contributed by atoms with E-state index in [1.165, 1.54) is 22.3 Å². The first kappa shape index (κ1) is 21.0. The molecule has 1 N–H and O–H groups in total. The van der Waals surface area contributed by atoms with Crippen molar-refractivity contribution < 1.29 is 28.3 Å². The smallest absolute Gasteiger partial charge is 0.296 e. The van der Waals surface area contributed by atoms with Crippen molar-refractivity contribution in [1.82, 2.24) is 4.98 Å². The van der Waals surface area contributed by atoms with Crippen LogP contribution in [0.15, 0.2) is 62.6 Å². The number of aryl methyl sites for hydroxylation is 2. The number of Topliss-reactive ketones (excluding diaryl/α,β-unsaturated/α-hetero) is 1. The summed E-state index contributed by atoms with van der Waals surface area (Å²) in [6.45, 7) is 5.90. The largest absolute Gasteiger partial charge is 0.503 e. The molecule has 168 valence electrons. The van der Waals surface area contributed by atoms with Gasteiger partial charge in [-0.15, -0.1) is 0 Å². The zero-order chi connectivity index (χ0) is 23.3. The van der Waals surface area contributed by atoms with E-state index < -0.39 is 23.5 Å². The Balaban J connectivity index is 1.63. The third-order valence-electron chi connectivity index (χ3n) is 5.31. The summed E-state index contributed by atoms with van der Waals surface area (Å²) in [4.78, 5) is 32.4. The van der Waals surface area contributed by atoms with E-state index in [0.717, 1.165) is 4.70 Å². The molecule has 8 nitrogen and oxygen atoms in total. The van der Waals surface area contributed by atoms with Crippen molar-refractivity contribution in [3.8, 4) is 5.75 Å². The van der Waals surface area contributed by atoms with Crippen LogP contribution in [-0.2, 0) is 4.79 Å². The van der Waals surface area contributed by atoms with Crippen LogP contribution in [0.25, 0.3) is 10.2 Å². The van der Waals surface area contributed by atoms with E-state index in [2.05, 4.69) is 4.98 Å². The summed E-state index contributed by atoms with van der Waals surface area (Å²) in [5.74, 6) is 0.239. The lowest BCUT2D eigenvalue weighted by Gasteiger charge is -2.21. The van der Waals surface area contributed by atoms with E-state index >= 15 is 0 Å². The van der Waals surface area contributed by atoms with Crippen LogP contribution in [0, 0.1) is 13.8 Å². The molecular formula is C24H20N2O6S. The SMILES string of the molecule is CCOc1ccc2nc(N3C(=O)C(O)=C(C(=O)c4ccc(C)o4)C3c3ccc(C)o3)sc2c1. The van der Waals surface area contributed by atoms with E-state index in [9.17, 15) is 14.7 Å². The number of carbonyl (C=O) groups is 2. The molecule has 4 heterocycles. The van der Waals surface area contributed by atoms with Crippen molar-refractivity contribution >= 4 is 38.4 Å². The van der Waals surface area contributed by atoms with Crippen LogP contribution in [0.3, 0.4) is 0 Å². The number of nitrogens with zero attached hydrogens (tertiary/aromatic N) is 2. The number of fused-ring (bicyclic) bond motifs is 1. The van der Waals surface area contributed by atoms with E-state index in [1.807, 2.05) is 13.0 Å². The molecule has 0 radical (unpaired) electrons. The number of aromatic nitrogens is 1. The molecule has 1 aliphatic heterocycles. The molecule has 0 bridgehead atoms. The molecule has 1 unspecified atom stereocenters. The number of anilines is 1. The molecule has 0 saturated carbocycles. The molecule has 0 fully saturated rings. The first-order valence-electron chi connectivity index (χ1n) is 10.3. The van der Waals surface area contributed by atoms with Gasteiger partial charge in [-0.1, -0.05) is 11.3 Å². The fourth-order valence-electron chi connectivity index (χ4n) is 3.85. The fraction of sp³-hybridized carbons (Fsp3) is 0.208. The average Bonchev–Trinajstić information content (AvgIpc) is 3.55. The van der Waals surface area contributed by atoms with Gasteiger partial charge in [0.2, 0.25) is 5.78 Å². The third-order valence-corrected chi connectivity index (χ3v) is 6.33. The zero-order valence-corrected chi connectivity index (χ0v) is 18.9. The number of thiazole rings is 1. The minimum Gasteiger partial charge on any atom is -0.503 e. The number of aliphatic hydroxyl groups is 1. The van der Waals surface area contributed by atoms with E-state index in [4.69, 9.17) is 13.6 Å². The van der Waals surface area contributed by atoms with Gasteiger partial charge in [0.1, 0.15) is 29.1 Å². The summed E-state index contributed by atoms with van der Waals surface area (Å²) < 4.78 is 17.6. The molecule has 0 saturated heterocycles. The summed E-state index contributed by atoms with van der Waals surface area (Å²) in [5.41, 5.74) is 0.555. The highest BCUT2D eigenvalue weighted by atomic mass is 32.1. The van der Waals surface area contributed by atoms with Crippen LogP contribution < -0.4 is 9.64 Å². The maximum absolute atomic E-state index is 13.3. The second-order valence-corrected chi connectivity index (χ2v) is 8.60. The number of furan rings is 2. The Kier molecular flexibility index (Phi) is 5.05. The number of ether oxygens (including phenoxy) is 1. The maximum atomic E-state index is 13.3. The molecule has 33 heavy (non-hydrogen) atoms. The lowest BCUT2D eigenvalue weighted by atomic mass is 10.00. The number of hydrogen-bond donors (Lipinski definition) is 1. The minimum atomic E-state index is -0.990. The van der Waals surface area contributed by atoms with Crippen molar-refractivity contribution in [2.24, 2.45) is 0 Å². The van der Waals surface area contributed by atoms with Crippen LogP contribution in [0.2, 0.25) is 0 Å². The first-order valence-corrected chi connectivity index (χ1v) is 11.2. The average molecular weight is 464 g/mol. The van der Waals surface area contributed by atoms with Gasteiger partial charge in [-0.2, -0.15) is 0 Å². The first-order chi connectivity index (χ1) is 15.9. The Morgan fingerprint density at radius 3 is 2.58 bits per heavy atom. The zero-order valence-electron chi connectivity index (χ0n) is 18.1. The standard InChI is InChI=1S/C24H20N2O6S/c1-4-30-14-7-8-15-18(11-14)33-24(25-15)26-20(16-9-5-12(2)31-16)19(22(28)23(26)29)21(27)17-10-6-13(3)32-17/h5-11,20,28H,4H2,1-3H3. The number of carbonyl (C=O) groups excluding carboxylic acids is 2. The van der Waals surface area contributed by atoms with Crippen molar-refractivity contribution in [2.75, 3.05) is 11.5 Å². The number of hydrogen-bond acceptors (Lipinski definition) is 8. The van der Waals surface area contributed by atoms with Gasteiger partial charge in [0, 0.05) is 0 Å². The molecular weight excluding hydrogens is 444 g/mol. The topological polar surface area (TPSA) is 106 Å². The molecule has 0 aliphatic carbocycles. The van der Waals surface area contributed by atoms with Gasteiger partial charge in [-0.25, -0.2) is 4.98 Å². The molecule has 1 aliphatic rings. The second kappa shape index (κ2) is 7.93. The number of amides is 1. The molecule has 4 aromatic rings. The second-order valence-electron chi connectivity index (χ2n) is 7.59. The molecule has 3 aromatic heterocycles. The lowest BCUT2D eigenvalue weighted by molar-refractivity contribution is -0.117. The Morgan fingerprint density at radius 2 is 1.91 bits per heavy atom. The van der Waals surface area contributed by atoms with Crippen LogP contribution in [0.4, 0.5) is 5.13 Å². The van der Waals surface area contributed by atoms with E-state index in [0.29, 0.717) is 40.3 Å². The van der Waals surface area contributed by atoms with Crippen LogP contribution in [0.1, 0.15) is 40.8 Å². The van der Waals surface area contributed by atoms with Crippen LogP contribution in [0.5, 0.6) is 5.75 Å². The van der Waals surface area contributed by atoms with Crippen molar-refractivity contribution in [3.63, 3.8) is 0 Å². The highest BCUT2D eigenvalue weighted by Crippen LogP contribution is 2.45. The third kappa shape index (κ3) is 3.50. The summed E-state index contributed by atoms with van der Waals surface area (Å²) >= 11 is 1.26. The molecule has 1 aromatic carbocycles. The summed E-state index contributed by atoms with van der Waals surface area (Å²) in [7, 11) is 0. The van der Waals surface area contributed by atoms with Crippen molar-refractivity contribution in [3.05, 3.63) is 76.8 Å². The molecule has 1 atom stereocenters.